The summed E-state index contributed by atoms with van der Waals surface area (Å²) in [5.74, 6) is 0. The van der Waals surface area contributed by atoms with Crippen molar-refractivity contribution in [3.8, 4) is 6.07 Å². The summed E-state index contributed by atoms with van der Waals surface area (Å²) < 4.78 is 25.4. The second kappa shape index (κ2) is 13.5. The van der Waals surface area contributed by atoms with E-state index in [1.165, 1.54) is 0 Å². The van der Waals surface area contributed by atoms with E-state index >= 15 is 0 Å². The molecule has 4 aromatic rings. The van der Waals surface area contributed by atoms with Crippen molar-refractivity contribution in [1.82, 2.24) is 10.2 Å². The molecule has 0 unspecified atom stereocenters. The summed E-state index contributed by atoms with van der Waals surface area (Å²) in [6, 6.07) is 31.3. The van der Waals surface area contributed by atoms with Crippen molar-refractivity contribution < 1.29 is 23.7 Å². The molecule has 0 bridgehead atoms. The summed E-state index contributed by atoms with van der Waals surface area (Å²) in [6.07, 6.45) is -2.61. The molecule has 1 aliphatic heterocycles. The minimum atomic E-state index is -0.817. The Kier molecular flexibility index (Phi) is 9.34. The van der Waals surface area contributed by atoms with Crippen LogP contribution in [0.2, 0.25) is 0 Å². The van der Waals surface area contributed by atoms with E-state index in [0.717, 1.165) is 16.7 Å². The normalized spacial score (nSPS) is 20.3. The van der Waals surface area contributed by atoms with Crippen LogP contribution in [0, 0.1) is 11.3 Å². The van der Waals surface area contributed by atoms with Gasteiger partial charge in [0.05, 0.1) is 37.7 Å². The van der Waals surface area contributed by atoms with Gasteiger partial charge in [-0.1, -0.05) is 91.0 Å². The highest BCUT2D eigenvalue weighted by atomic mass is 35.5. The molecule has 9 heteroatoms. The lowest BCUT2D eigenvalue weighted by atomic mass is 10.0. The van der Waals surface area contributed by atoms with Crippen molar-refractivity contribution in [1.29, 1.82) is 5.26 Å². The average Bonchev–Trinajstić information content (AvgIpc) is 3.58. The predicted molar refractivity (Wildman–Crippen MR) is 147 cm³/mol. The summed E-state index contributed by atoms with van der Waals surface area (Å²) in [7, 11) is 0. The topological polar surface area (TPSA) is 106 Å². The molecule has 0 saturated carbocycles. The zero-order valence-electron chi connectivity index (χ0n) is 21.6. The van der Waals surface area contributed by atoms with Gasteiger partial charge in [0.1, 0.15) is 30.5 Å². The molecule has 0 aliphatic carbocycles. The molecule has 1 aliphatic rings. The number of H-pyrrole nitrogens is 1. The van der Waals surface area contributed by atoms with Crippen molar-refractivity contribution in [2.75, 3.05) is 6.61 Å². The van der Waals surface area contributed by atoms with E-state index in [4.69, 9.17) is 30.5 Å². The zero-order valence-corrected chi connectivity index (χ0v) is 22.4. The zero-order chi connectivity index (χ0) is 27.7. The third-order valence-electron chi connectivity index (χ3n) is 6.66. The Morgan fingerprint density at radius 3 is 1.90 bits per heavy atom. The van der Waals surface area contributed by atoms with Gasteiger partial charge in [-0.3, -0.25) is 9.89 Å². The van der Waals surface area contributed by atoms with Crippen molar-refractivity contribution in [2.45, 2.75) is 44.2 Å². The first-order valence-corrected chi connectivity index (χ1v) is 13.3. The van der Waals surface area contributed by atoms with Gasteiger partial charge in [-0.25, -0.2) is 0 Å². The van der Waals surface area contributed by atoms with E-state index in [-0.39, 0.29) is 30.2 Å². The van der Waals surface area contributed by atoms with Crippen LogP contribution in [0.5, 0.6) is 0 Å². The van der Waals surface area contributed by atoms with E-state index in [1.807, 2.05) is 97.1 Å². The Morgan fingerprint density at radius 2 is 1.38 bits per heavy atom. The molecule has 40 heavy (non-hydrogen) atoms. The Balaban J connectivity index is 1.44. The maximum absolute atomic E-state index is 12.4. The van der Waals surface area contributed by atoms with E-state index in [1.54, 1.807) is 0 Å². The molecular weight excluding hydrogens is 530 g/mol. The van der Waals surface area contributed by atoms with Gasteiger partial charge in [0.25, 0.3) is 5.24 Å². The number of nitrogens with one attached hydrogen (secondary N) is 1. The van der Waals surface area contributed by atoms with Gasteiger partial charge in [-0.05, 0) is 28.3 Å². The first kappa shape index (κ1) is 27.7. The number of hydrogen-bond donors (Lipinski definition) is 1. The number of ether oxygens (including phenoxy) is 4. The molecule has 0 amide bonds. The van der Waals surface area contributed by atoms with E-state index in [0.29, 0.717) is 13.2 Å². The smallest absolute Gasteiger partial charge is 0.257 e. The Labute approximate surface area is 237 Å². The second-order valence-corrected chi connectivity index (χ2v) is 9.71. The van der Waals surface area contributed by atoms with E-state index < -0.39 is 29.7 Å². The number of rotatable bonds is 12. The molecule has 1 N–H and O–H groups in total. The van der Waals surface area contributed by atoms with Crippen LogP contribution in [0.3, 0.4) is 0 Å². The number of carbonyl (C=O) groups is 1. The van der Waals surface area contributed by atoms with Crippen LogP contribution in [0.4, 0.5) is 0 Å². The van der Waals surface area contributed by atoms with Crippen molar-refractivity contribution in [3.05, 3.63) is 125 Å². The third kappa shape index (κ3) is 6.65. The summed E-state index contributed by atoms with van der Waals surface area (Å²) in [4.78, 5) is 12.4. The average molecular weight is 558 g/mol. The van der Waals surface area contributed by atoms with Gasteiger partial charge < -0.3 is 18.9 Å². The first-order valence-electron chi connectivity index (χ1n) is 12.9. The number of carbonyl (C=O) groups excluding carboxylic acids is 1. The molecule has 204 valence electrons. The maximum atomic E-state index is 12.4. The van der Waals surface area contributed by atoms with Gasteiger partial charge in [0, 0.05) is 0 Å². The lowest BCUT2D eigenvalue weighted by Gasteiger charge is -2.25. The second-order valence-electron chi connectivity index (χ2n) is 9.36. The Bertz CT molecular complexity index is 1430. The van der Waals surface area contributed by atoms with Gasteiger partial charge >= 0.3 is 0 Å². The van der Waals surface area contributed by atoms with Crippen molar-refractivity contribution in [2.24, 2.45) is 0 Å². The molecule has 1 aromatic heterocycles. The first-order chi connectivity index (χ1) is 19.6. The highest BCUT2D eigenvalue weighted by Gasteiger charge is 2.49. The molecule has 5 rings (SSSR count). The van der Waals surface area contributed by atoms with Crippen LogP contribution in [0.15, 0.2) is 91.0 Å². The minimum Gasteiger partial charge on any atom is -0.374 e. The fourth-order valence-electron chi connectivity index (χ4n) is 4.72. The van der Waals surface area contributed by atoms with Crippen molar-refractivity contribution in [3.63, 3.8) is 0 Å². The molecule has 8 nitrogen and oxygen atoms in total. The number of nitriles is 1. The fraction of sp³-hybridized carbons (Fsp3) is 0.258. The molecular formula is C31H28ClN3O5. The van der Waals surface area contributed by atoms with Crippen LogP contribution >= 0.6 is 11.6 Å². The number of nitrogens with zero attached hydrogens (tertiary/aromatic N) is 2. The van der Waals surface area contributed by atoms with Gasteiger partial charge in [0.15, 0.2) is 5.69 Å². The number of hydrogen-bond acceptors (Lipinski definition) is 7. The summed E-state index contributed by atoms with van der Waals surface area (Å²) in [6.45, 7) is 1.19. The number of aromatic amines is 1. The Hall–Kier alpha value is -3.84. The highest BCUT2D eigenvalue weighted by Crippen LogP contribution is 2.40. The van der Waals surface area contributed by atoms with Crippen LogP contribution in [0.25, 0.3) is 0 Å². The number of benzene rings is 3. The standard InChI is InChI=1S/C31H28ClN3O5/c32-31(36)26-24(16-33)34-35-27(26)29-30(39-19-23-14-8-3-9-15-23)28(38-18-22-12-6-2-7-13-22)25(40-29)20-37-17-21-10-4-1-5-11-21/h1-15,25,28-30H,17-20H2,(H,34,35)/t25-,28-,29+,30-/m1/s1. The highest BCUT2D eigenvalue weighted by molar-refractivity contribution is 6.68. The largest absolute Gasteiger partial charge is 0.374 e. The van der Waals surface area contributed by atoms with Gasteiger partial charge in [-0.2, -0.15) is 10.4 Å². The van der Waals surface area contributed by atoms with Gasteiger partial charge in [0.2, 0.25) is 0 Å². The quantitative estimate of drug-likeness (QED) is 0.230. The minimum absolute atomic E-state index is 0.0323. The van der Waals surface area contributed by atoms with Crippen LogP contribution < -0.4 is 0 Å². The van der Waals surface area contributed by atoms with E-state index in [2.05, 4.69) is 10.2 Å². The third-order valence-corrected chi connectivity index (χ3v) is 6.84. The molecule has 0 spiro atoms. The monoisotopic (exact) mass is 557 g/mol. The molecule has 2 heterocycles. The summed E-state index contributed by atoms with van der Waals surface area (Å²) in [5.41, 5.74) is 3.11. The Morgan fingerprint density at radius 1 is 0.850 bits per heavy atom. The lowest BCUT2D eigenvalue weighted by Crippen LogP contribution is -2.38. The fourth-order valence-corrected chi connectivity index (χ4v) is 4.91. The molecule has 0 radical (unpaired) electrons. The summed E-state index contributed by atoms with van der Waals surface area (Å²) >= 11 is 5.90. The number of aromatic nitrogens is 2. The van der Waals surface area contributed by atoms with Gasteiger partial charge in [-0.15, -0.1) is 0 Å². The van der Waals surface area contributed by atoms with Crippen LogP contribution in [-0.2, 0) is 38.8 Å². The molecule has 1 saturated heterocycles. The van der Waals surface area contributed by atoms with Crippen LogP contribution in [0.1, 0.15) is 44.5 Å². The van der Waals surface area contributed by atoms with Crippen LogP contribution in [-0.4, -0.2) is 40.4 Å². The number of halogens is 1. The van der Waals surface area contributed by atoms with Crippen molar-refractivity contribution >= 4 is 16.8 Å². The SMILES string of the molecule is N#Cc1n[nH]c([C@@H]2O[C@H](COCc3ccccc3)[C@@H](OCc3ccccc3)[C@H]2OCc2ccccc2)c1C(=O)Cl. The predicted octanol–water partition coefficient (Wildman–Crippen LogP) is 5.49. The summed E-state index contributed by atoms with van der Waals surface area (Å²) in [5, 5.41) is 15.5. The molecule has 1 fully saturated rings. The lowest BCUT2D eigenvalue weighted by molar-refractivity contribution is -0.0898. The molecule has 3 aromatic carbocycles. The maximum Gasteiger partial charge on any atom is 0.257 e. The van der Waals surface area contributed by atoms with E-state index in [9.17, 15) is 10.1 Å². The molecule has 4 atom stereocenters.